The molecular formula is C18H18N2O3. The molecule has 2 aromatic carbocycles. The van der Waals surface area contributed by atoms with Crippen LogP contribution in [0.3, 0.4) is 0 Å². The predicted molar refractivity (Wildman–Crippen MR) is 91.5 cm³/mol. The molecule has 3 rings (SSSR count). The quantitative estimate of drug-likeness (QED) is 0.717. The van der Waals surface area contributed by atoms with Crippen molar-refractivity contribution in [3.8, 4) is 17.4 Å². The molecule has 0 fully saturated rings. The van der Waals surface area contributed by atoms with E-state index in [4.69, 9.17) is 9.47 Å². The van der Waals surface area contributed by atoms with Crippen LogP contribution in [0.25, 0.3) is 10.9 Å². The molecule has 0 aliphatic carbocycles. The number of aromatic hydroxyl groups is 1. The van der Waals surface area contributed by atoms with E-state index in [1.807, 2.05) is 43.3 Å². The van der Waals surface area contributed by atoms with Crippen LogP contribution in [0.1, 0.15) is 11.1 Å². The molecule has 0 amide bonds. The number of rotatable bonds is 4. The van der Waals surface area contributed by atoms with Crippen LogP contribution >= 0.6 is 0 Å². The summed E-state index contributed by atoms with van der Waals surface area (Å²) in [5.41, 5.74) is 3.23. The van der Waals surface area contributed by atoms with Crippen molar-refractivity contribution in [3.05, 3.63) is 47.5 Å². The van der Waals surface area contributed by atoms with Gasteiger partial charge >= 0.3 is 0 Å². The number of fused-ring (bicyclic) bond motifs is 1. The molecule has 0 aliphatic heterocycles. The van der Waals surface area contributed by atoms with Gasteiger partial charge in [-0.3, -0.25) is 4.99 Å². The van der Waals surface area contributed by atoms with Crippen molar-refractivity contribution in [1.82, 2.24) is 4.98 Å². The molecular weight excluding hydrogens is 292 g/mol. The Kier molecular flexibility index (Phi) is 3.93. The fraction of sp³-hybridized carbons (Fsp3) is 0.167. The zero-order valence-corrected chi connectivity index (χ0v) is 13.3. The minimum absolute atomic E-state index is 0.0728. The molecule has 0 bridgehead atoms. The van der Waals surface area contributed by atoms with Crippen molar-refractivity contribution in [2.75, 3.05) is 14.2 Å². The molecule has 0 aliphatic rings. The number of aromatic amines is 1. The van der Waals surface area contributed by atoms with Crippen LogP contribution in [0.5, 0.6) is 17.4 Å². The number of ether oxygens (including phenoxy) is 2. The van der Waals surface area contributed by atoms with E-state index in [0.29, 0.717) is 17.0 Å². The number of aromatic nitrogens is 1. The number of hydrogen-bond donors (Lipinski definition) is 2. The highest BCUT2D eigenvalue weighted by molar-refractivity contribution is 6.03. The molecule has 3 aromatic rings. The maximum Gasteiger partial charge on any atom is 0.198 e. The van der Waals surface area contributed by atoms with Gasteiger partial charge in [0.2, 0.25) is 0 Å². The Morgan fingerprint density at radius 2 is 1.91 bits per heavy atom. The number of hydrogen-bond acceptors (Lipinski definition) is 4. The van der Waals surface area contributed by atoms with Crippen LogP contribution in [0.15, 0.2) is 41.4 Å². The van der Waals surface area contributed by atoms with Crippen molar-refractivity contribution in [2.45, 2.75) is 6.92 Å². The Hall–Kier alpha value is -2.95. The third kappa shape index (κ3) is 2.85. The first-order valence-electron chi connectivity index (χ1n) is 7.19. The average Bonchev–Trinajstić information content (AvgIpc) is 2.87. The smallest absolute Gasteiger partial charge is 0.198 e. The summed E-state index contributed by atoms with van der Waals surface area (Å²) in [5, 5.41) is 11.0. The van der Waals surface area contributed by atoms with Crippen LogP contribution in [-0.4, -0.2) is 30.5 Å². The molecule has 1 heterocycles. The van der Waals surface area contributed by atoms with Crippen LogP contribution in [-0.2, 0) is 0 Å². The maximum atomic E-state index is 10.1. The topological polar surface area (TPSA) is 66.8 Å². The van der Waals surface area contributed by atoms with Gasteiger partial charge in [0.05, 0.1) is 19.8 Å². The highest BCUT2D eigenvalue weighted by Crippen LogP contribution is 2.31. The summed E-state index contributed by atoms with van der Waals surface area (Å²) in [6, 6.07) is 11.3. The van der Waals surface area contributed by atoms with E-state index < -0.39 is 0 Å². The highest BCUT2D eigenvalue weighted by atomic mass is 16.5. The van der Waals surface area contributed by atoms with Crippen molar-refractivity contribution >= 4 is 22.8 Å². The van der Waals surface area contributed by atoms with E-state index in [9.17, 15) is 5.11 Å². The first kappa shape index (κ1) is 15.0. The average molecular weight is 310 g/mol. The normalized spacial score (nSPS) is 11.3. The summed E-state index contributed by atoms with van der Waals surface area (Å²) in [6.45, 7) is 1.99. The molecule has 5 heteroatoms. The van der Waals surface area contributed by atoms with Gasteiger partial charge in [-0.25, -0.2) is 0 Å². The molecule has 0 radical (unpaired) electrons. The standard InChI is InChI=1S/C18H18N2O3/c1-11-4-7-17(23-3)16(8-11)19-10-14-13-9-12(22-2)5-6-15(13)20-18(14)21/h4-10,20-21H,1-3H3. The predicted octanol–water partition coefficient (Wildman–Crippen LogP) is 3.95. The van der Waals surface area contributed by atoms with Gasteiger partial charge in [-0.05, 0) is 42.8 Å². The fourth-order valence-corrected chi connectivity index (χ4v) is 2.47. The van der Waals surface area contributed by atoms with E-state index in [-0.39, 0.29) is 5.88 Å². The first-order chi connectivity index (χ1) is 11.1. The second kappa shape index (κ2) is 6.04. The summed E-state index contributed by atoms with van der Waals surface area (Å²) in [6.07, 6.45) is 1.63. The molecule has 0 spiro atoms. The molecule has 0 saturated carbocycles. The molecule has 23 heavy (non-hydrogen) atoms. The van der Waals surface area contributed by atoms with E-state index in [1.54, 1.807) is 20.4 Å². The van der Waals surface area contributed by atoms with Crippen molar-refractivity contribution in [2.24, 2.45) is 4.99 Å². The third-order valence-electron chi connectivity index (χ3n) is 3.69. The summed E-state index contributed by atoms with van der Waals surface area (Å²) in [4.78, 5) is 7.41. The van der Waals surface area contributed by atoms with Gasteiger partial charge in [0.15, 0.2) is 5.88 Å². The van der Waals surface area contributed by atoms with Gasteiger partial charge in [-0.15, -0.1) is 0 Å². The number of aryl methyl sites for hydroxylation is 1. The number of nitrogens with one attached hydrogen (secondary N) is 1. The molecule has 2 N–H and O–H groups in total. The van der Waals surface area contributed by atoms with Gasteiger partial charge < -0.3 is 19.6 Å². The van der Waals surface area contributed by atoms with E-state index in [1.165, 1.54) is 0 Å². The molecule has 5 nitrogen and oxygen atoms in total. The molecule has 0 atom stereocenters. The third-order valence-corrected chi connectivity index (χ3v) is 3.69. The minimum atomic E-state index is 0.0728. The monoisotopic (exact) mass is 310 g/mol. The second-order valence-electron chi connectivity index (χ2n) is 5.23. The summed E-state index contributed by atoms with van der Waals surface area (Å²) in [5.74, 6) is 1.48. The molecule has 1 aromatic heterocycles. The second-order valence-corrected chi connectivity index (χ2v) is 5.23. The first-order valence-corrected chi connectivity index (χ1v) is 7.19. The Bertz CT molecular complexity index is 881. The lowest BCUT2D eigenvalue weighted by Gasteiger charge is -2.05. The molecule has 118 valence electrons. The Morgan fingerprint density at radius 3 is 2.65 bits per heavy atom. The van der Waals surface area contributed by atoms with Gasteiger partial charge in [0.25, 0.3) is 0 Å². The number of H-pyrrole nitrogens is 1. The SMILES string of the molecule is COc1ccc2[nH]c(O)c(C=Nc3cc(C)ccc3OC)c2c1. The maximum absolute atomic E-state index is 10.1. The summed E-state index contributed by atoms with van der Waals surface area (Å²) in [7, 11) is 3.22. The van der Waals surface area contributed by atoms with Crippen molar-refractivity contribution in [3.63, 3.8) is 0 Å². The number of aliphatic imine (C=N–C) groups is 1. The van der Waals surface area contributed by atoms with Gasteiger partial charge in [0.1, 0.15) is 17.2 Å². The van der Waals surface area contributed by atoms with Crippen LogP contribution in [0.4, 0.5) is 5.69 Å². The largest absolute Gasteiger partial charge is 0.497 e. The number of benzene rings is 2. The zero-order chi connectivity index (χ0) is 16.4. The van der Waals surface area contributed by atoms with E-state index >= 15 is 0 Å². The van der Waals surface area contributed by atoms with Crippen molar-refractivity contribution in [1.29, 1.82) is 0 Å². The molecule has 0 saturated heterocycles. The van der Waals surface area contributed by atoms with Crippen LogP contribution in [0, 0.1) is 6.92 Å². The number of methoxy groups -OCH3 is 2. The van der Waals surface area contributed by atoms with Gasteiger partial charge in [-0.1, -0.05) is 6.07 Å². The van der Waals surface area contributed by atoms with E-state index in [2.05, 4.69) is 9.98 Å². The Labute approximate surface area is 134 Å². The lowest BCUT2D eigenvalue weighted by Crippen LogP contribution is -1.86. The summed E-state index contributed by atoms with van der Waals surface area (Å²) >= 11 is 0. The highest BCUT2D eigenvalue weighted by Gasteiger charge is 2.10. The summed E-state index contributed by atoms with van der Waals surface area (Å²) < 4.78 is 10.6. The van der Waals surface area contributed by atoms with Crippen LogP contribution in [0.2, 0.25) is 0 Å². The Morgan fingerprint density at radius 1 is 1.09 bits per heavy atom. The van der Waals surface area contributed by atoms with E-state index in [0.717, 1.165) is 22.2 Å². The van der Waals surface area contributed by atoms with Crippen LogP contribution < -0.4 is 9.47 Å². The molecule has 0 unspecified atom stereocenters. The Balaban J connectivity index is 2.07. The zero-order valence-electron chi connectivity index (χ0n) is 13.3. The number of nitrogens with zero attached hydrogens (tertiary/aromatic N) is 1. The lowest BCUT2D eigenvalue weighted by molar-refractivity contribution is 0.415. The fourth-order valence-electron chi connectivity index (χ4n) is 2.47. The lowest BCUT2D eigenvalue weighted by atomic mass is 10.1. The minimum Gasteiger partial charge on any atom is -0.497 e. The van der Waals surface area contributed by atoms with Crippen molar-refractivity contribution < 1.29 is 14.6 Å². The van der Waals surface area contributed by atoms with Gasteiger partial charge in [0, 0.05) is 17.1 Å². The van der Waals surface area contributed by atoms with Gasteiger partial charge in [-0.2, -0.15) is 0 Å².